The number of nitrogens with one attached hydrogen (secondary N) is 1. The lowest BCUT2D eigenvalue weighted by atomic mass is 10.2. The van der Waals surface area contributed by atoms with Crippen LogP contribution in [0.4, 0.5) is 5.69 Å². The Morgan fingerprint density at radius 3 is 2.56 bits per heavy atom. The molecule has 1 fully saturated rings. The van der Waals surface area contributed by atoms with Crippen LogP contribution in [-0.2, 0) is 16.4 Å². The second-order valence-corrected chi connectivity index (χ2v) is 8.70. The first-order valence-corrected chi connectivity index (χ1v) is 10.9. The van der Waals surface area contributed by atoms with Crippen LogP contribution in [0.2, 0.25) is 0 Å². The number of hydrogen-bond donors (Lipinski definition) is 1. The van der Waals surface area contributed by atoms with Gasteiger partial charge in [0.2, 0.25) is 10.0 Å². The molecule has 0 spiro atoms. The number of para-hydroxylation sites is 1. The molecule has 2 heterocycles. The Morgan fingerprint density at radius 2 is 1.78 bits per heavy atom. The van der Waals surface area contributed by atoms with E-state index in [-0.39, 0.29) is 0 Å². The average Bonchev–Trinajstić information content (AvgIpc) is 3.17. The van der Waals surface area contributed by atoms with E-state index in [1.165, 1.54) is 5.69 Å². The summed E-state index contributed by atoms with van der Waals surface area (Å²) in [6.45, 7) is 5.56. The van der Waals surface area contributed by atoms with Crippen LogP contribution >= 0.6 is 0 Å². The van der Waals surface area contributed by atoms with Gasteiger partial charge in [-0.1, -0.05) is 18.2 Å². The van der Waals surface area contributed by atoms with Crippen molar-refractivity contribution < 1.29 is 13.2 Å². The lowest BCUT2D eigenvalue weighted by Gasteiger charge is -2.36. The van der Waals surface area contributed by atoms with Crippen molar-refractivity contribution in [2.24, 2.45) is 0 Å². The SMILES string of the molecule is O=S(=O)(NCCN1CCN(c2ccccc2)CC1)c1ccc2c(c1)CCO2. The van der Waals surface area contributed by atoms with Gasteiger partial charge in [-0.25, -0.2) is 13.1 Å². The van der Waals surface area contributed by atoms with Gasteiger partial charge in [0.15, 0.2) is 0 Å². The molecule has 2 aliphatic heterocycles. The third kappa shape index (κ3) is 4.26. The Morgan fingerprint density at radius 1 is 1.00 bits per heavy atom. The molecule has 7 heteroatoms. The molecular formula is C20H25N3O3S. The first-order chi connectivity index (χ1) is 13.1. The number of piperazine rings is 1. The predicted molar refractivity (Wildman–Crippen MR) is 106 cm³/mol. The van der Waals surface area contributed by atoms with Crippen molar-refractivity contribution in [1.82, 2.24) is 9.62 Å². The number of sulfonamides is 1. The highest BCUT2D eigenvalue weighted by Crippen LogP contribution is 2.27. The maximum absolute atomic E-state index is 12.5. The fraction of sp³-hybridized carbons (Fsp3) is 0.400. The molecule has 144 valence electrons. The van der Waals surface area contributed by atoms with Crippen LogP contribution in [-0.4, -0.2) is 59.2 Å². The van der Waals surface area contributed by atoms with E-state index in [9.17, 15) is 8.42 Å². The van der Waals surface area contributed by atoms with Crippen molar-refractivity contribution in [2.75, 3.05) is 50.8 Å². The van der Waals surface area contributed by atoms with E-state index < -0.39 is 10.0 Å². The van der Waals surface area contributed by atoms with E-state index in [0.29, 0.717) is 18.0 Å². The smallest absolute Gasteiger partial charge is 0.240 e. The minimum Gasteiger partial charge on any atom is -0.493 e. The summed E-state index contributed by atoms with van der Waals surface area (Å²) in [5, 5.41) is 0. The normalized spacial score (nSPS) is 17.6. The van der Waals surface area contributed by atoms with Crippen LogP contribution in [0, 0.1) is 0 Å². The Kier molecular flexibility index (Phi) is 5.33. The summed E-state index contributed by atoms with van der Waals surface area (Å²) in [7, 11) is -3.48. The molecule has 27 heavy (non-hydrogen) atoms. The van der Waals surface area contributed by atoms with Crippen LogP contribution in [0.1, 0.15) is 5.56 Å². The van der Waals surface area contributed by atoms with Gasteiger partial charge in [0.25, 0.3) is 0 Å². The summed E-state index contributed by atoms with van der Waals surface area (Å²) in [4.78, 5) is 4.99. The van der Waals surface area contributed by atoms with Gasteiger partial charge in [-0.15, -0.1) is 0 Å². The Hall–Kier alpha value is -2.09. The molecule has 1 N–H and O–H groups in total. The van der Waals surface area contributed by atoms with Gasteiger partial charge in [-0.3, -0.25) is 4.90 Å². The molecule has 1 saturated heterocycles. The summed E-state index contributed by atoms with van der Waals surface area (Å²) in [6.07, 6.45) is 0.768. The van der Waals surface area contributed by atoms with Gasteiger partial charge in [-0.2, -0.15) is 0 Å². The average molecular weight is 388 g/mol. The molecule has 4 rings (SSSR count). The number of hydrogen-bond acceptors (Lipinski definition) is 5. The summed E-state index contributed by atoms with van der Waals surface area (Å²) in [5.41, 5.74) is 2.22. The van der Waals surface area contributed by atoms with Gasteiger partial charge in [-0.05, 0) is 35.9 Å². The van der Waals surface area contributed by atoms with Crippen LogP contribution < -0.4 is 14.4 Å². The fourth-order valence-corrected chi connectivity index (χ4v) is 4.69. The zero-order chi connectivity index (χ0) is 18.7. The summed E-state index contributed by atoms with van der Waals surface area (Å²) >= 11 is 0. The zero-order valence-electron chi connectivity index (χ0n) is 15.3. The Labute approximate surface area is 160 Å². The number of rotatable bonds is 6. The van der Waals surface area contributed by atoms with Crippen LogP contribution in [0.25, 0.3) is 0 Å². The molecule has 6 nitrogen and oxygen atoms in total. The van der Waals surface area contributed by atoms with Gasteiger partial charge in [0, 0.05) is 51.4 Å². The Balaban J connectivity index is 1.26. The summed E-state index contributed by atoms with van der Waals surface area (Å²) in [6, 6.07) is 15.5. The first kappa shape index (κ1) is 18.3. The standard InChI is InChI=1S/C20H25N3O3S/c24-27(25,19-6-7-20-17(16-19)8-15-26-20)21-9-10-22-11-13-23(14-12-22)18-4-2-1-3-5-18/h1-7,16,21H,8-15H2. The van der Waals surface area contributed by atoms with Crippen molar-refractivity contribution in [3.05, 3.63) is 54.1 Å². The molecule has 2 aromatic carbocycles. The maximum Gasteiger partial charge on any atom is 0.240 e. The molecule has 0 atom stereocenters. The number of ether oxygens (including phenoxy) is 1. The summed E-state index contributed by atoms with van der Waals surface area (Å²) < 4.78 is 33.2. The quantitative estimate of drug-likeness (QED) is 0.818. The second-order valence-electron chi connectivity index (χ2n) is 6.93. The van der Waals surface area contributed by atoms with Crippen molar-refractivity contribution in [3.63, 3.8) is 0 Å². The van der Waals surface area contributed by atoms with E-state index in [1.54, 1.807) is 18.2 Å². The third-order valence-corrected chi connectivity index (χ3v) is 6.64. The molecular weight excluding hydrogens is 362 g/mol. The molecule has 0 amide bonds. The van der Waals surface area contributed by atoms with Crippen molar-refractivity contribution >= 4 is 15.7 Å². The topological polar surface area (TPSA) is 61.9 Å². The number of nitrogens with zero attached hydrogens (tertiary/aromatic N) is 2. The molecule has 0 bridgehead atoms. The lowest BCUT2D eigenvalue weighted by molar-refractivity contribution is 0.262. The van der Waals surface area contributed by atoms with Crippen molar-refractivity contribution in [3.8, 4) is 5.75 Å². The highest BCUT2D eigenvalue weighted by Gasteiger charge is 2.20. The second kappa shape index (κ2) is 7.88. The van der Waals surface area contributed by atoms with Crippen molar-refractivity contribution in [1.29, 1.82) is 0 Å². The number of benzene rings is 2. The summed E-state index contributed by atoms with van der Waals surface area (Å²) in [5.74, 6) is 0.797. The molecule has 2 aliphatic rings. The highest BCUT2D eigenvalue weighted by atomic mass is 32.2. The van der Waals surface area contributed by atoms with E-state index in [4.69, 9.17) is 4.74 Å². The predicted octanol–water partition coefficient (Wildman–Crippen LogP) is 1.72. The van der Waals surface area contributed by atoms with Crippen molar-refractivity contribution in [2.45, 2.75) is 11.3 Å². The Bertz CT molecular complexity index is 879. The van der Waals surface area contributed by atoms with Crippen LogP contribution in [0.3, 0.4) is 0 Å². The third-order valence-electron chi connectivity index (χ3n) is 5.18. The van der Waals surface area contributed by atoms with Gasteiger partial charge in [0.05, 0.1) is 11.5 Å². The monoisotopic (exact) mass is 387 g/mol. The number of fused-ring (bicyclic) bond motifs is 1. The minimum absolute atomic E-state index is 0.320. The van der Waals surface area contributed by atoms with E-state index in [2.05, 4.69) is 38.8 Å². The maximum atomic E-state index is 12.5. The highest BCUT2D eigenvalue weighted by molar-refractivity contribution is 7.89. The molecule has 0 saturated carbocycles. The molecule has 0 unspecified atom stereocenters. The minimum atomic E-state index is -3.48. The molecule has 0 radical (unpaired) electrons. The number of anilines is 1. The molecule has 2 aromatic rings. The first-order valence-electron chi connectivity index (χ1n) is 9.39. The van der Waals surface area contributed by atoms with E-state index in [1.807, 2.05) is 6.07 Å². The van der Waals surface area contributed by atoms with Gasteiger partial charge in [0.1, 0.15) is 5.75 Å². The van der Waals surface area contributed by atoms with E-state index >= 15 is 0 Å². The molecule has 0 aliphatic carbocycles. The van der Waals surface area contributed by atoms with Crippen LogP contribution in [0.5, 0.6) is 5.75 Å². The van der Waals surface area contributed by atoms with Gasteiger partial charge >= 0.3 is 0 Å². The fourth-order valence-electron chi connectivity index (χ4n) is 3.62. The largest absolute Gasteiger partial charge is 0.493 e. The zero-order valence-corrected chi connectivity index (χ0v) is 16.1. The van der Waals surface area contributed by atoms with Crippen LogP contribution in [0.15, 0.2) is 53.4 Å². The lowest BCUT2D eigenvalue weighted by Crippen LogP contribution is -2.48. The molecule has 0 aromatic heterocycles. The van der Waals surface area contributed by atoms with E-state index in [0.717, 1.165) is 50.5 Å². The van der Waals surface area contributed by atoms with Gasteiger partial charge < -0.3 is 9.64 Å².